The summed E-state index contributed by atoms with van der Waals surface area (Å²) in [7, 11) is 1.39. The summed E-state index contributed by atoms with van der Waals surface area (Å²) in [6, 6.07) is 4.33. The quantitative estimate of drug-likeness (QED) is 0.789. The van der Waals surface area contributed by atoms with Crippen LogP contribution in [0.15, 0.2) is 12.1 Å². The highest BCUT2D eigenvalue weighted by atomic mass is 16.5. The smallest absolute Gasteiger partial charge is 0.319 e. The van der Waals surface area contributed by atoms with Crippen molar-refractivity contribution in [3.8, 4) is 0 Å². The molecule has 0 radical (unpaired) electrons. The number of carbonyl (C=O) groups excluding carboxylic acids is 1. The summed E-state index contributed by atoms with van der Waals surface area (Å²) in [6.45, 7) is 7.24. The van der Waals surface area contributed by atoms with Crippen LogP contribution in [0, 0.1) is 20.8 Å². The lowest BCUT2D eigenvalue weighted by Crippen LogP contribution is -2.23. The molecule has 0 bridgehead atoms. The van der Waals surface area contributed by atoms with Crippen molar-refractivity contribution in [3.05, 3.63) is 34.4 Å². The van der Waals surface area contributed by atoms with E-state index >= 15 is 0 Å². The van der Waals surface area contributed by atoms with Gasteiger partial charge in [-0.1, -0.05) is 12.1 Å². The second-order valence-corrected chi connectivity index (χ2v) is 4.04. The molecule has 0 amide bonds. The fourth-order valence-electron chi connectivity index (χ4n) is 1.58. The Hall–Kier alpha value is -1.35. The van der Waals surface area contributed by atoms with Gasteiger partial charge in [0.1, 0.15) is 0 Å². The van der Waals surface area contributed by atoms with E-state index in [1.165, 1.54) is 29.4 Å². The van der Waals surface area contributed by atoms with Gasteiger partial charge in [-0.15, -0.1) is 0 Å². The van der Waals surface area contributed by atoms with Crippen LogP contribution >= 0.6 is 0 Å². The molecule has 0 aliphatic heterocycles. The number of aryl methyl sites for hydroxylation is 3. The standard InChI is InChI=1S/C13H19NO2/c1-9-5-11(3)12(6-10(9)2)7-14-8-13(15)16-4/h5-6,14H,7-8H2,1-4H3. The summed E-state index contributed by atoms with van der Waals surface area (Å²) in [5.74, 6) is -0.235. The van der Waals surface area contributed by atoms with E-state index in [9.17, 15) is 4.79 Å². The van der Waals surface area contributed by atoms with Crippen molar-refractivity contribution in [1.29, 1.82) is 0 Å². The van der Waals surface area contributed by atoms with Crippen LogP contribution in [0.4, 0.5) is 0 Å². The highest BCUT2D eigenvalue weighted by molar-refractivity contribution is 5.71. The molecule has 0 spiro atoms. The molecule has 1 N–H and O–H groups in total. The van der Waals surface area contributed by atoms with Gasteiger partial charge in [0, 0.05) is 6.54 Å². The normalized spacial score (nSPS) is 10.2. The van der Waals surface area contributed by atoms with Crippen LogP contribution < -0.4 is 5.32 Å². The number of esters is 1. The molecule has 1 rings (SSSR count). The van der Waals surface area contributed by atoms with E-state index in [-0.39, 0.29) is 12.5 Å². The van der Waals surface area contributed by atoms with Gasteiger partial charge in [-0.2, -0.15) is 0 Å². The Morgan fingerprint density at radius 1 is 1.19 bits per heavy atom. The fourth-order valence-corrected chi connectivity index (χ4v) is 1.58. The highest BCUT2D eigenvalue weighted by Crippen LogP contribution is 2.14. The lowest BCUT2D eigenvalue weighted by atomic mass is 10.0. The Bertz CT molecular complexity index is 386. The molecule has 0 saturated carbocycles. The van der Waals surface area contributed by atoms with Crippen molar-refractivity contribution in [1.82, 2.24) is 5.32 Å². The molecule has 1 aromatic rings. The van der Waals surface area contributed by atoms with Crippen molar-refractivity contribution < 1.29 is 9.53 Å². The third kappa shape index (κ3) is 3.35. The van der Waals surface area contributed by atoms with E-state index < -0.39 is 0 Å². The third-order valence-corrected chi connectivity index (χ3v) is 2.76. The van der Waals surface area contributed by atoms with Crippen LogP contribution in [-0.4, -0.2) is 19.6 Å². The molecule has 0 unspecified atom stereocenters. The molecule has 0 fully saturated rings. The van der Waals surface area contributed by atoms with Gasteiger partial charge in [0.05, 0.1) is 13.7 Å². The number of ether oxygens (including phenoxy) is 1. The van der Waals surface area contributed by atoms with Crippen molar-refractivity contribution in [3.63, 3.8) is 0 Å². The van der Waals surface area contributed by atoms with Gasteiger partial charge in [0.25, 0.3) is 0 Å². The first-order chi connectivity index (χ1) is 7.54. The molecule has 3 nitrogen and oxygen atoms in total. The molecule has 1 aromatic carbocycles. The predicted octanol–water partition coefficient (Wildman–Crippen LogP) is 1.87. The maximum Gasteiger partial charge on any atom is 0.319 e. The minimum Gasteiger partial charge on any atom is -0.468 e. The largest absolute Gasteiger partial charge is 0.468 e. The van der Waals surface area contributed by atoms with Gasteiger partial charge in [0.15, 0.2) is 0 Å². The molecule has 0 atom stereocenters. The Morgan fingerprint density at radius 3 is 2.44 bits per heavy atom. The average molecular weight is 221 g/mol. The monoisotopic (exact) mass is 221 g/mol. The number of benzene rings is 1. The maximum absolute atomic E-state index is 10.9. The zero-order valence-corrected chi connectivity index (χ0v) is 10.4. The molecular formula is C13H19NO2. The summed E-state index contributed by atoms with van der Waals surface area (Å²) >= 11 is 0. The number of methoxy groups -OCH3 is 1. The number of nitrogens with one attached hydrogen (secondary N) is 1. The first kappa shape index (κ1) is 12.7. The molecule has 0 aliphatic rings. The zero-order chi connectivity index (χ0) is 12.1. The van der Waals surface area contributed by atoms with Crippen LogP contribution in [0.25, 0.3) is 0 Å². The SMILES string of the molecule is COC(=O)CNCc1cc(C)c(C)cc1C. The van der Waals surface area contributed by atoms with Gasteiger partial charge in [0.2, 0.25) is 0 Å². The lowest BCUT2D eigenvalue weighted by molar-refractivity contribution is -0.139. The van der Waals surface area contributed by atoms with Gasteiger partial charge in [-0.3, -0.25) is 4.79 Å². The van der Waals surface area contributed by atoms with Gasteiger partial charge >= 0.3 is 5.97 Å². The second kappa shape index (κ2) is 5.66. The minimum absolute atomic E-state index is 0.235. The van der Waals surface area contributed by atoms with Crippen LogP contribution in [0.1, 0.15) is 22.3 Å². The topological polar surface area (TPSA) is 38.3 Å². The van der Waals surface area contributed by atoms with Gasteiger partial charge < -0.3 is 10.1 Å². The van der Waals surface area contributed by atoms with Crippen molar-refractivity contribution in [2.75, 3.05) is 13.7 Å². The zero-order valence-electron chi connectivity index (χ0n) is 10.4. The van der Waals surface area contributed by atoms with Crippen molar-refractivity contribution in [2.45, 2.75) is 27.3 Å². The lowest BCUT2D eigenvalue weighted by Gasteiger charge is -2.10. The Kier molecular flexibility index (Phi) is 4.50. The number of rotatable bonds is 4. The summed E-state index contributed by atoms with van der Waals surface area (Å²) in [6.07, 6.45) is 0. The first-order valence-corrected chi connectivity index (χ1v) is 5.39. The first-order valence-electron chi connectivity index (χ1n) is 5.39. The molecular weight excluding hydrogens is 202 g/mol. The summed E-state index contributed by atoms with van der Waals surface area (Å²) in [4.78, 5) is 10.9. The molecule has 0 aliphatic carbocycles. The molecule has 88 valence electrons. The summed E-state index contributed by atoms with van der Waals surface area (Å²) in [5, 5.41) is 3.07. The van der Waals surface area contributed by atoms with Crippen LogP contribution in [0.5, 0.6) is 0 Å². The maximum atomic E-state index is 10.9. The number of carbonyl (C=O) groups is 1. The summed E-state index contributed by atoms with van der Waals surface area (Å²) < 4.78 is 4.56. The fraction of sp³-hybridized carbons (Fsp3) is 0.462. The predicted molar refractivity (Wildman–Crippen MR) is 64.4 cm³/mol. The van der Waals surface area contributed by atoms with E-state index in [1.807, 2.05) is 0 Å². The highest BCUT2D eigenvalue weighted by Gasteiger charge is 2.03. The second-order valence-electron chi connectivity index (χ2n) is 4.04. The van der Waals surface area contributed by atoms with Crippen LogP contribution in [0.3, 0.4) is 0 Å². The van der Waals surface area contributed by atoms with Crippen LogP contribution in [-0.2, 0) is 16.1 Å². The third-order valence-electron chi connectivity index (χ3n) is 2.76. The Labute approximate surface area is 96.8 Å². The van der Waals surface area contributed by atoms with E-state index in [1.54, 1.807) is 0 Å². The molecule has 0 aromatic heterocycles. The van der Waals surface area contributed by atoms with E-state index in [0.29, 0.717) is 6.54 Å². The van der Waals surface area contributed by atoms with Crippen LogP contribution in [0.2, 0.25) is 0 Å². The number of hydrogen-bond donors (Lipinski definition) is 1. The summed E-state index contributed by atoms with van der Waals surface area (Å²) in [5.41, 5.74) is 5.06. The Morgan fingerprint density at radius 2 is 1.81 bits per heavy atom. The molecule has 16 heavy (non-hydrogen) atoms. The Balaban J connectivity index is 2.60. The molecule has 0 saturated heterocycles. The molecule has 3 heteroatoms. The van der Waals surface area contributed by atoms with E-state index in [0.717, 1.165) is 0 Å². The van der Waals surface area contributed by atoms with E-state index in [4.69, 9.17) is 0 Å². The minimum atomic E-state index is -0.235. The van der Waals surface area contributed by atoms with Gasteiger partial charge in [-0.25, -0.2) is 0 Å². The van der Waals surface area contributed by atoms with Crippen molar-refractivity contribution >= 4 is 5.97 Å². The average Bonchev–Trinajstić information content (AvgIpc) is 2.25. The van der Waals surface area contributed by atoms with Crippen molar-refractivity contribution in [2.24, 2.45) is 0 Å². The van der Waals surface area contributed by atoms with E-state index in [2.05, 4.69) is 43.0 Å². The van der Waals surface area contributed by atoms with Gasteiger partial charge in [-0.05, 0) is 43.0 Å². The molecule has 0 heterocycles. The number of hydrogen-bond acceptors (Lipinski definition) is 3.